The minimum absolute atomic E-state index is 0.0910. The molecule has 0 aromatic carbocycles. The van der Waals surface area contributed by atoms with Gasteiger partial charge in [-0.25, -0.2) is 0 Å². The summed E-state index contributed by atoms with van der Waals surface area (Å²) < 4.78 is 98.3. The van der Waals surface area contributed by atoms with E-state index in [9.17, 15) is 40.3 Å². The molecule has 0 N–H and O–H groups in total. The Balaban J connectivity index is 2.13. The predicted molar refractivity (Wildman–Crippen MR) is 102 cm³/mol. The fourth-order valence-corrected chi connectivity index (χ4v) is 5.20. The molecule has 2 saturated carbocycles. The molecule has 2 rings (SSSR count). The van der Waals surface area contributed by atoms with Gasteiger partial charge in [0.25, 0.3) is 0 Å². The van der Waals surface area contributed by atoms with Crippen molar-refractivity contribution in [1.29, 1.82) is 0 Å². The Bertz CT molecular complexity index is 730. The highest BCUT2D eigenvalue weighted by atomic mass is 19.4. The van der Waals surface area contributed by atoms with Crippen molar-refractivity contribution in [3.8, 4) is 0 Å². The largest absolute Gasteiger partial charge is 0.460 e. The molecule has 0 saturated heterocycles. The third-order valence-electron chi connectivity index (χ3n) is 7.34. The molecular weight excluding hydrogens is 445 g/mol. The van der Waals surface area contributed by atoms with Crippen LogP contribution in [0.15, 0.2) is 12.7 Å². The molecule has 0 aromatic rings. The lowest BCUT2D eigenvalue weighted by Gasteiger charge is -2.36. The minimum Gasteiger partial charge on any atom is -0.380 e. The van der Waals surface area contributed by atoms with E-state index in [1.807, 2.05) is 6.08 Å². The highest BCUT2D eigenvalue weighted by Gasteiger charge is 2.80. The SMILES string of the molecule is C=CCCCCCCOC[C@]12CCC(C(C(=O)C(F)(F)C(F)(F)C(F)(F)F)C1=O)C2(C)C. The van der Waals surface area contributed by atoms with Gasteiger partial charge in [-0.3, -0.25) is 9.59 Å². The summed E-state index contributed by atoms with van der Waals surface area (Å²) >= 11 is 0. The monoisotopic (exact) mass is 474 g/mol. The number of fused-ring (bicyclic) bond motifs is 2. The number of carbonyl (C=O) groups excluding carboxylic acids is 2. The maximum Gasteiger partial charge on any atom is 0.460 e. The third kappa shape index (κ3) is 4.12. The highest BCUT2D eigenvalue weighted by molar-refractivity contribution is 6.11. The number of ketones is 2. The van der Waals surface area contributed by atoms with Crippen LogP contribution in [0.1, 0.15) is 58.8 Å². The number of allylic oxidation sites excluding steroid dienone is 1. The van der Waals surface area contributed by atoms with Crippen LogP contribution in [0.3, 0.4) is 0 Å². The molecule has 0 radical (unpaired) electrons. The van der Waals surface area contributed by atoms with Crippen LogP contribution >= 0.6 is 0 Å². The zero-order valence-electron chi connectivity index (χ0n) is 18.2. The molecule has 10 heteroatoms. The maximum absolute atomic E-state index is 14.1. The summed E-state index contributed by atoms with van der Waals surface area (Å²) in [5.41, 5.74) is -2.43. The van der Waals surface area contributed by atoms with Gasteiger partial charge in [0, 0.05) is 6.61 Å². The van der Waals surface area contributed by atoms with Gasteiger partial charge in [-0.05, 0) is 43.4 Å². The molecule has 2 fully saturated rings. The van der Waals surface area contributed by atoms with Gasteiger partial charge in [-0.15, -0.1) is 6.58 Å². The van der Waals surface area contributed by atoms with E-state index in [4.69, 9.17) is 4.74 Å². The Hall–Kier alpha value is -1.45. The van der Waals surface area contributed by atoms with Crippen molar-refractivity contribution in [2.45, 2.75) is 76.8 Å². The van der Waals surface area contributed by atoms with E-state index in [2.05, 4.69) is 6.58 Å². The Morgan fingerprint density at radius 3 is 2.25 bits per heavy atom. The number of alkyl halides is 7. The fraction of sp³-hybridized carbons (Fsp3) is 0.818. The van der Waals surface area contributed by atoms with Crippen LogP contribution in [-0.4, -0.2) is 42.8 Å². The van der Waals surface area contributed by atoms with Crippen LogP contribution in [0, 0.1) is 22.7 Å². The summed E-state index contributed by atoms with van der Waals surface area (Å²) in [5.74, 6) is -19.6. The van der Waals surface area contributed by atoms with Crippen LogP contribution in [0.2, 0.25) is 0 Å². The standard InChI is InChI=1S/C22H29F7O3/c1-4-5-6-7-8-9-12-32-13-19-11-10-14(18(19,2)3)15(16(19)30)17(31)20(23,24)21(25,26)22(27,28)29/h4,14-15H,1,5-13H2,2-3H3/t14?,15?,19-/m1/s1. The lowest BCUT2D eigenvalue weighted by molar-refractivity contribution is -0.344. The lowest BCUT2D eigenvalue weighted by atomic mass is 9.69. The number of Topliss-reactive ketones (excluding diaryl/α,β-unsaturated/α-hetero) is 2. The first-order chi connectivity index (χ1) is 14.6. The Kier molecular flexibility index (Phi) is 7.59. The summed E-state index contributed by atoms with van der Waals surface area (Å²) in [6.45, 7) is 6.82. The topological polar surface area (TPSA) is 43.4 Å². The van der Waals surface area contributed by atoms with Crippen LogP contribution in [0.5, 0.6) is 0 Å². The van der Waals surface area contributed by atoms with Crippen LogP contribution in [-0.2, 0) is 14.3 Å². The van der Waals surface area contributed by atoms with E-state index < -0.39 is 52.3 Å². The molecule has 0 aliphatic heterocycles. The van der Waals surface area contributed by atoms with Crippen molar-refractivity contribution in [3.63, 3.8) is 0 Å². The zero-order chi connectivity index (χ0) is 24.6. The second-order valence-corrected chi connectivity index (χ2v) is 9.35. The van der Waals surface area contributed by atoms with Crippen molar-refractivity contribution in [1.82, 2.24) is 0 Å². The van der Waals surface area contributed by atoms with Crippen molar-refractivity contribution in [2.75, 3.05) is 13.2 Å². The molecule has 0 aromatic heterocycles. The average molecular weight is 474 g/mol. The second-order valence-electron chi connectivity index (χ2n) is 9.35. The van der Waals surface area contributed by atoms with E-state index in [0.29, 0.717) is 6.42 Å². The van der Waals surface area contributed by atoms with Crippen molar-refractivity contribution in [2.24, 2.45) is 22.7 Å². The molecule has 3 nitrogen and oxygen atoms in total. The van der Waals surface area contributed by atoms with E-state index in [0.717, 1.165) is 25.7 Å². The molecule has 2 aliphatic carbocycles. The molecule has 32 heavy (non-hydrogen) atoms. The number of unbranched alkanes of at least 4 members (excludes halogenated alkanes) is 4. The molecule has 2 bridgehead atoms. The summed E-state index contributed by atoms with van der Waals surface area (Å²) in [5, 5.41) is 0. The van der Waals surface area contributed by atoms with Crippen LogP contribution in [0.25, 0.3) is 0 Å². The van der Waals surface area contributed by atoms with E-state index >= 15 is 0 Å². The predicted octanol–water partition coefficient (Wildman–Crippen LogP) is 6.16. The molecule has 3 atom stereocenters. The number of carbonyl (C=O) groups is 2. The Morgan fingerprint density at radius 2 is 1.69 bits per heavy atom. The maximum atomic E-state index is 14.1. The molecule has 184 valence electrons. The Morgan fingerprint density at radius 1 is 1.09 bits per heavy atom. The number of hydrogen-bond donors (Lipinski definition) is 0. The minimum atomic E-state index is -6.63. The summed E-state index contributed by atoms with van der Waals surface area (Å²) in [7, 11) is 0. The smallest absolute Gasteiger partial charge is 0.380 e. The van der Waals surface area contributed by atoms with Gasteiger partial charge >= 0.3 is 18.0 Å². The van der Waals surface area contributed by atoms with Crippen molar-refractivity contribution < 1.29 is 45.1 Å². The molecule has 2 aliphatic rings. The number of halogens is 7. The number of ether oxygens (including phenoxy) is 1. The normalized spacial score (nSPS) is 27.7. The Labute approximate surface area is 182 Å². The van der Waals surface area contributed by atoms with Crippen molar-refractivity contribution >= 4 is 11.6 Å². The van der Waals surface area contributed by atoms with Gasteiger partial charge in [-0.1, -0.05) is 32.8 Å². The number of rotatable bonds is 12. The van der Waals surface area contributed by atoms with Crippen molar-refractivity contribution in [3.05, 3.63) is 12.7 Å². The molecular formula is C22H29F7O3. The first-order valence-corrected chi connectivity index (χ1v) is 10.7. The fourth-order valence-electron chi connectivity index (χ4n) is 5.20. The molecule has 0 heterocycles. The molecule has 0 spiro atoms. The lowest BCUT2D eigenvalue weighted by Crippen LogP contribution is -2.59. The third-order valence-corrected chi connectivity index (χ3v) is 7.34. The molecule has 2 unspecified atom stereocenters. The van der Waals surface area contributed by atoms with Gasteiger partial charge < -0.3 is 4.74 Å². The summed E-state index contributed by atoms with van der Waals surface area (Å²) in [4.78, 5) is 25.3. The van der Waals surface area contributed by atoms with E-state index in [1.54, 1.807) is 13.8 Å². The quantitative estimate of drug-likeness (QED) is 0.147. The first kappa shape index (κ1) is 26.8. The van der Waals surface area contributed by atoms with E-state index in [1.165, 1.54) is 0 Å². The highest BCUT2D eigenvalue weighted by Crippen LogP contribution is 2.67. The van der Waals surface area contributed by atoms with Gasteiger partial charge in [-0.2, -0.15) is 30.7 Å². The van der Waals surface area contributed by atoms with E-state index in [-0.39, 0.29) is 26.1 Å². The molecule has 0 amide bonds. The average Bonchev–Trinajstić information content (AvgIpc) is 3.02. The van der Waals surface area contributed by atoms with Gasteiger partial charge in [0.15, 0.2) is 5.78 Å². The van der Waals surface area contributed by atoms with Crippen LogP contribution in [0.4, 0.5) is 30.7 Å². The van der Waals surface area contributed by atoms with Gasteiger partial charge in [0.1, 0.15) is 0 Å². The van der Waals surface area contributed by atoms with Crippen LogP contribution < -0.4 is 0 Å². The summed E-state index contributed by atoms with van der Waals surface area (Å²) in [6, 6.07) is 0. The van der Waals surface area contributed by atoms with Gasteiger partial charge in [0.05, 0.1) is 17.9 Å². The summed E-state index contributed by atoms with van der Waals surface area (Å²) in [6.07, 6.45) is -0.166. The van der Waals surface area contributed by atoms with Gasteiger partial charge in [0.2, 0.25) is 5.78 Å². The zero-order valence-corrected chi connectivity index (χ0v) is 18.2. The second kappa shape index (κ2) is 9.06. The first-order valence-electron chi connectivity index (χ1n) is 10.7. The number of hydrogen-bond acceptors (Lipinski definition) is 3.